The number of hydrogen-bond acceptors (Lipinski definition) is 3. The maximum absolute atomic E-state index is 9.25. The summed E-state index contributed by atoms with van der Waals surface area (Å²) in [5.41, 5.74) is -0.308. The molecule has 0 aromatic rings. The van der Waals surface area contributed by atoms with Crippen LogP contribution in [0.1, 0.15) is 27.2 Å². The predicted octanol–water partition coefficient (Wildman–Crippen LogP) is 1.65. The van der Waals surface area contributed by atoms with E-state index in [2.05, 4.69) is 24.8 Å². The van der Waals surface area contributed by atoms with E-state index in [1.165, 1.54) is 0 Å². The van der Waals surface area contributed by atoms with Gasteiger partial charge in [0, 0.05) is 13.1 Å². The standard InChI is InChI=1S/C11H20N2O/c1-10(2)8-11(3,9-12)13-4-6-14-7-5-13/h10H,4-8H2,1-3H3/t11-/m1/s1. The SMILES string of the molecule is CC(C)C[C@](C)(C#N)N1CCOCC1. The van der Waals surface area contributed by atoms with Gasteiger partial charge in [-0.05, 0) is 19.3 Å². The quantitative estimate of drug-likeness (QED) is 0.688. The summed E-state index contributed by atoms with van der Waals surface area (Å²) in [5.74, 6) is 0.558. The number of nitrogens with zero attached hydrogens (tertiary/aromatic N) is 2. The van der Waals surface area contributed by atoms with Crippen molar-refractivity contribution in [1.29, 1.82) is 5.26 Å². The van der Waals surface area contributed by atoms with Gasteiger partial charge in [-0.3, -0.25) is 4.90 Å². The Morgan fingerprint density at radius 2 is 2.00 bits per heavy atom. The zero-order valence-corrected chi connectivity index (χ0v) is 9.42. The van der Waals surface area contributed by atoms with Crippen LogP contribution >= 0.6 is 0 Å². The molecule has 1 aliphatic rings. The fourth-order valence-electron chi connectivity index (χ4n) is 2.10. The largest absolute Gasteiger partial charge is 0.379 e. The van der Waals surface area contributed by atoms with Crippen molar-refractivity contribution in [3.63, 3.8) is 0 Å². The van der Waals surface area contributed by atoms with E-state index in [4.69, 9.17) is 4.74 Å². The molecule has 14 heavy (non-hydrogen) atoms. The average molecular weight is 196 g/mol. The Bertz CT molecular complexity index is 216. The molecule has 1 atom stereocenters. The highest BCUT2D eigenvalue weighted by atomic mass is 16.5. The lowest BCUT2D eigenvalue weighted by Crippen LogP contribution is -2.51. The molecule has 0 N–H and O–H groups in total. The smallest absolute Gasteiger partial charge is 0.106 e. The lowest BCUT2D eigenvalue weighted by Gasteiger charge is -2.39. The van der Waals surface area contributed by atoms with Crippen LogP contribution in [0.3, 0.4) is 0 Å². The topological polar surface area (TPSA) is 36.3 Å². The number of hydrogen-bond donors (Lipinski definition) is 0. The monoisotopic (exact) mass is 196 g/mol. The summed E-state index contributed by atoms with van der Waals surface area (Å²) in [5, 5.41) is 9.25. The third-order valence-corrected chi connectivity index (χ3v) is 2.76. The van der Waals surface area contributed by atoms with Crippen molar-refractivity contribution in [2.45, 2.75) is 32.7 Å². The Balaban J connectivity index is 2.62. The van der Waals surface area contributed by atoms with Gasteiger partial charge in [0.25, 0.3) is 0 Å². The Hall–Kier alpha value is -0.590. The van der Waals surface area contributed by atoms with Crippen LogP contribution in [0.2, 0.25) is 0 Å². The van der Waals surface area contributed by atoms with Crippen molar-refractivity contribution < 1.29 is 4.74 Å². The second-order valence-electron chi connectivity index (χ2n) is 4.58. The molecule has 0 aromatic heterocycles. The van der Waals surface area contributed by atoms with Crippen molar-refractivity contribution in [3.05, 3.63) is 0 Å². The van der Waals surface area contributed by atoms with Gasteiger partial charge in [0.1, 0.15) is 5.54 Å². The molecule has 1 heterocycles. The van der Waals surface area contributed by atoms with Crippen LogP contribution in [-0.4, -0.2) is 36.7 Å². The molecule has 0 aliphatic carbocycles. The first-order valence-corrected chi connectivity index (χ1v) is 5.32. The number of rotatable bonds is 3. The zero-order chi connectivity index (χ0) is 10.6. The fourth-order valence-corrected chi connectivity index (χ4v) is 2.10. The van der Waals surface area contributed by atoms with Crippen molar-refractivity contribution in [1.82, 2.24) is 4.90 Å². The van der Waals surface area contributed by atoms with Crippen LogP contribution in [0, 0.1) is 17.2 Å². The van der Waals surface area contributed by atoms with Crippen LogP contribution in [-0.2, 0) is 4.74 Å². The molecular formula is C11H20N2O. The third-order valence-electron chi connectivity index (χ3n) is 2.76. The summed E-state index contributed by atoms with van der Waals surface area (Å²) < 4.78 is 5.29. The Labute approximate surface area is 86.6 Å². The maximum Gasteiger partial charge on any atom is 0.106 e. The summed E-state index contributed by atoms with van der Waals surface area (Å²) in [6.45, 7) is 9.66. The summed E-state index contributed by atoms with van der Waals surface area (Å²) in [7, 11) is 0. The Kier molecular flexibility index (Phi) is 3.91. The predicted molar refractivity (Wildman–Crippen MR) is 55.9 cm³/mol. The van der Waals surface area contributed by atoms with Crippen molar-refractivity contribution in [2.24, 2.45) is 5.92 Å². The molecule has 3 heteroatoms. The Morgan fingerprint density at radius 3 is 2.43 bits per heavy atom. The average Bonchev–Trinajstić information content (AvgIpc) is 2.18. The molecule has 0 aromatic carbocycles. The number of nitriles is 1. The maximum atomic E-state index is 9.25. The van der Waals surface area contributed by atoms with Crippen LogP contribution in [0.5, 0.6) is 0 Å². The molecule has 1 rings (SSSR count). The van der Waals surface area contributed by atoms with Crippen LogP contribution in [0.15, 0.2) is 0 Å². The lowest BCUT2D eigenvalue weighted by molar-refractivity contribution is -0.00383. The molecule has 0 bridgehead atoms. The summed E-state index contributed by atoms with van der Waals surface area (Å²) in [6.07, 6.45) is 0.934. The van der Waals surface area contributed by atoms with Crippen molar-refractivity contribution in [3.8, 4) is 6.07 Å². The van der Waals surface area contributed by atoms with E-state index in [0.29, 0.717) is 5.92 Å². The van der Waals surface area contributed by atoms with Crippen LogP contribution in [0.25, 0.3) is 0 Å². The van der Waals surface area contributed by atoms with E-state index >= 15 is 0 Å². The van der Waals surface area contributed by atoms with Crippen molar-refractivity contribution >= 4 is 0 Å². The molecule has 1 fully saturated rings. The van der Waals surface area contributed by atoms with Gasteiger partial charge in [-0.25, -0.2) is 0 Å². The number of morpholine rings is 1. The van der Waals surface area contributed by atoms with E-state index in [0.717, 1.165) is 32.7 Å². The van der Waals surface area contributed by atoms with Crippen LogP contribution < -0.4 is 0 Å². The highest BCUT2D eigenvalue weighted by molar-refractivity contribution is 5.06. The fraction of sp³-hybridized carbons (Fsp3) is 0.909. The molecule has 80 valence electrons. The minimum Gasteiger partial charge on any atom is -0.379 e. The summed E-state index contributed by atoms with van der Waals surface area (Å²) in [6, 6.07) is 2.45. The normalized spacial score (nSPS) is 23.1. The molecule has 0 spiro atoms. The van der Waals surface area contributed by atoms with E-state index < -0.39 is 0 Å². The lowest BCUT2D eigenvalue weighted by atomic mass is 9.90. The highest BCUT2D eigenvalue weighted by Crippen LogP contribution is 2.24. The van der Waals surface area contributed by atoms with Gasteiger partial charge in [0.2, 0.25) is 0 Å². The molecule has 0 unspecified atom stereocenters. The minimum absolute atomic E-state index is 0.308. The van der Waals surface area contributed by atoms with Gasteiger partial charge in [-0.2, -0.15) is 5.26 Å². The number of ether oxygens (including phenoxy) is 1. The summed E-state index contributed by atoms with van der Waals surface area (Å²) in [4.78, 5) is 2.25. The van der Waals surface area contributed by atoms with Gasteiger partial charge < -0.3 is 4.74 Å². The molecular weight excluding hydrogens is 176 g/mol. The van der Waals surface area contributed by atoms with Gasteiger partial charge in [0.05, 0.1) is 19.3 Å². The van der Waals surface area contributed by atoms with Gasteiger partial charge in [-0.15, -0.1) is 0 Å². The van der Waals surface area contributed by atoms with Gasteiger partial charge >= 0.3 is 0 Å². The molecule has 0 saturated carbocycles. The molecule has 0 radical (unpaired) electrons. The molecule has 0 amide bonds. The summed E-state index contributed by atoms with van der Waals surface area (Å²) >= 11 is 0. The molecule has 1 saturated heterocycles. The second-order valence-corrected chi connectivity index (χ2v) is 4.58. The Morgan fingerprint density at radius 1 is 1.43 bits per heavy atom. The van der Waals surface area contributed by atoms with Crippen LogP contribution in [0.4, 0.5) is 0 Å². The van der Waals surface area contributed by atoms with E-state index in [1.807, 2.05) is 6.92 Å². The molecule has 1 aliphatic heterocycles. The van der Waals surface area contributed by atoms with Gasteiger partial charge in [-0.1, -0.05) is 13.8 Å². The minimum atomic E-state index is -0.308. The van der Waals surface area contributed by atoms with E-state index in [-0.39, 0.29) is 5.54 Å². The first kappa shape index (κ1) is 11.5. The van der Waals surface area contributed by atoms with E-state index in [9.17, 15) is 5.26 Å². The second kappa shape index (κ2) is 4.77. The third kappa shape index (κ3) is 2.70. The first-order valence-electron chi connectivity index (χ1n) is 5.32. The van der Waals surface area contributed by atoms with Crippen molar-refractivity contribution in [2.75, 3.05) is 26.3 Å². The van der Waals surface area contributed by atoms with Gasteiger partial charge in [0.15, 0.2) is 0 Å². The highest BCUT2D eigenvalue weighted by Gasteiger charge is 2.33. The first-order chi connectivity index (χ1) is 6.58. The zero-order valence-electron chi connectivity index (χ0n) is 9.42. The van der Waals surface area contributed by atoms with E-state index in [1.54, 1.807) is 0 Å². The molecule has 3 nitrogen and oxygen atoms in total.